The van der Waals surface area contributed by atoms with E-state index < -0.39 is 0 Å². The molecular weight excluding hydrogens is 217 g/mol. The van der Waals surface area contributed by atoms with Gasteiger partial charge in [-0.3, -0.25) is 0 Å². The highest BCUT2D eigenvalue weighted by Crippen LogP contribution is 2.33. The van der Waals surface area contributed by atoms with E-state index in [0.717, 1.165) is 11.5 Å². The quantitative estimate of drug-likeness (QED) is 0.848. The van der Waals surface area contributed by atoms with Crippen LogP contribution in [0.5, 0.6) is 5.75 Å². The summed E-state index contributed by atoms with van der Waals surface area (Å²) in [6.45, 7) is 4.32. The maximum absolute atomic E-state index is 13.3. The third kappa shape index (κ3) is 2.97. The maximum Gasteiger partial charge on any atom is 0.165 e. The minimum absolute atomic E-state index is 0.222. The van der Waals surface area contributed by atoms with Gasteiger partial charge in [0.1, 0.15) is 0 Å². The second kappa shape index (κ2) is 5.05. The summed E-state index contributed by atoms with van der Waals surface area (Å²) in [5, 5.41) is 3.55. The van der Waals surface area contributed by atoms with E-state index in [1.807, 2.05) is 6.07 Å². The lowest BCUT2D eigenvalue weighted by molar-refractivity contribution is 0.383. The van der Waals surface area contributed by atoms with Gasteiger partial charge in [-0.1, -0.05) is 6.07 Å². The first-order valence-electron chi connectivity index (χ1n) is 6.21. The summed E-state index contributed by atoms with van der Waals surface area (Å²) >= 11 is 0. The smallest absolute Gasteiger partial charge is 0.165 e. The molecule has 0 aliphatic heterocycles. The molecule has 1 aromatic rings. The van der Waals surface area contributed by atoms with Crippen LogP contribution in [0.4, 0.5) is 4.39 Å². The highest BCUT2D eigenvalue weighted by atomic mass is 19.1. The van der Waals surface area contributed by atoms with Crippen molar-refractivity contribution < 1.29 is 9.13 Å². The molecule has 2 rings (SSSR count). The number of hydrogen-bond donors (Lipinski definition) is 1. The molecule has 0 bridgehead atoms. The minimum atomic E-state index is -0.307. The SMILES string of the molecule is COc1cc(C(C)NC(C)C2CC2)ccc1F. The first-order chi connectivity index (χ1) is 8.11. The number of hydrogen-bond acceptors (Lipinski definition) is 2. The molecule has 94 valence electrons. The Labute approximate surface area is 102 Å². The Morgan fingerprint density at radius 3 is 2.65 bits per heavy atom. The van der Waals surface area contributed by atoms with Crippen molar-refractivity contribution in [3.63, 3.8) is 0 Å². The average molecular weight is 237 g/mol. The van der Waals surface area contributed by atoms with Crippen LogP contribution in [0.3, 0.4) is 0 Å². The van der Waals surface area contributed by atoms with Gasteiger partial charge in [0.25, 0.3) is 0 Å². The topological polar surface area (TPSA) is 21.3 Å². The number of methoxy groups -OCH3 is 1. The van der Waals surface area contributed by atoms with Crippen molar-refractivity contribution in [1.29, 1.82) is 0 Å². The Morgan fingerprint density at radius 2 is 2.06 bits per heavy atom. The Kier molecular flexibility index (Phi) is 3.67. The van der Waals surface area contributed by atoms with Crippen molar-refractivity contribution >= 4 is 0 Å². The molecule has 1 aromatic carbocycles. The van der Waals surface area contributed by atoms with Crippen molar-refractivity contribution in [1.82, 2.24) is 5.32 Å². The van der Waals surface area contributed by atoms with Gasteiger partial charge in [-0.15, -0.1) is 0 Å². The third-order valence-electron chi connectivity index (χ3n) is 3.52. The molecule has 0 saturated heterocycles. The van der Waals surface area contributed by atoms with E-state index in [2.05, 4.69) is 19.2 Å². The summed E-state index contributed by atoms with van der Waals surface area (Å²) in [5.41, 5.74) is 1.07. The van der Waals surface area contributed by atoms with Crippen molar-refractivity contribution in [2.75, 3.05) is 7.11 Å². The van der Waals surface area contributed by atoms with Gasteiger partial charge < -0.3 is 10.1 Å². The number of benzene rings is 1. The molecule has 1 aliphatic carbocycles. The fraction of sp³-hybridized carbons (Fsp3) is 0.571. The van der Waals surface area contributed by atoms with E-state index in [1.54, 1.807) is 6.07 Å². The molecule has 0 radical (unpaired) electrons. The van der Waals surface area contributed by atoms with Crippen LogP contribution in [0.15, 0.2) is 18.2 Å². The van der Waals surface area contributed by atoms with E-state index >= 15 is 0 Å². The lowest BCUT2D eigenvalue weighted by atomic mass is 10.1. The van der Waals surface area contributed by atoms with Crippen molar-refractivity contribution in [2.45, 2.75) is 38.8 Å². The molecule has 17 heavy (non-hydrogen) atoms. The predicted molar refractivity (Wildman–Crippen MR) is 66.7 cm³/mol. The molecule has 2 unspecified atom stereocenters. The molecule has 3 heteroatoms. The normalized spacial score (nSPS) is 18.8. The van der Waals surface area contributed by atoms with Gasteiger partial charge in [-0.25, -0.2) is 4.39 Å². The van der Waals surface area contributed by atoms with Crippen LogP contribution in [-0.2, 0) is 0 Å². The Morgan fingerprint density at radius 1 is 1.35 bits per heavy atom. The average Bonchev–Trinajstić information content (AvgIpc) is 3.13. The molecule has 1 fully saturated rings. The standard InChI is InChI=1S/C14H20FNO/c1-9(11-4-5-11)16-10(2)12-6-7-13(15)14(8-12)17-3/h6-11,16H,4-5H2,1-3H3. The summed E-state index contributed by atoms with van der Waals surface area (Å²) < 4.78 is 18.3. The summed E-state index contributed by atoms with van der Waals surface area (Å²) in [6.07, 6.45) is 2.65. The molecular formula is C14H20FNO. The van der Waals surface area contributed by atoms with Crippen LogP contribution in [-0.4, -0.2) is 13.2 Å². The first kappa shape index (κ1) is 12.4. The Hall–Kier alpha value is -1.09. The molecule has 1 N–H and O–H groups in total. The van der Waals surface area contributed by atoms with Crippen molar-refractivity contribution in [3.05, 3.63) is 29.6 Å². The lowest BCUT2D eigenvalue weighted by Gasteiger charge is -2.20. The van der Waals surface area contributed by atoms with Crippen molar-refractivity contribution in [2.24, 2.45) is 5.92 Å². The van der Waals surface area contributed by atoms with Gasteiger partial charge in [-0.05, 0) is 50.3 Å². The fourth-order valence-electron chi connectivity index (χ4n) is 2.17. The summed E-state index contributed by atoms with van der Waals surface area (Å²) in [5.74, 6) is 0.828. The maximum atomic E-state index is 13.3. The zero-order valence-corrected chi connectivity index (χ0v) is 10.7. The Bertz CT molecular complexity index is 390. The molecule has 1 aliphatic rings. The minimum Gasteiger partial charge on any atom is -0.494 e. The second-order valence-electron chi connectivity index (χ2n) is 4.91. The fourth-order valence-corrected chi connectivity index (χ4v) is 2.17. The van der Waals surface area contributed by atoms with Crippen LogP contribution in [0.25, 0.3) is 0 Å². The van der Waals surface area contributed by atoms with E-state index in [4.69, 9.17) is 4.74 Å². The van der Waals surface area contributed by atoms with Gasteiger partial charge >= 0.3 is 0 Å². The Balaban J connectivity index is 2.04. The van der Waals surface area contributed by atoms with Gasteiger partial charge in [0, 0.05) is 12.1 Å². The first-order valence-corrected chi connectivity index (χ1v) is 6.21. The molecule has 2 nitrogen and oxygen atoms in total. The van der Waals surface area contributed by atoms with E-state index in [0.29, 0.717) is 11.8 Å². The molecule has 0 aromatic heterocycles. The van der Waals surface area contributed by atoms with E-state index in [1.165, 1.54) is 26.0 Å². The van der Waals surface area contributed by atoms with Gasteiger partial charge in [0.15, 0.2) is 11.6 Å². The van der Waals surface area contributed by atoms with Crippen molar-refractivity contribution in [3.8, 4) is 5.75 Å². The number of halogens is 1. The lowest BCUT2D eigenvalue weighted by Crippen LogP contribution is -2.30. The van der Waals surface area contributed by atoms with Gasteiger partial charge in [-0.2, -0.15) is 0 Å². The second-order valence-corrected chi connectivity index (χ2v) is 4.91. The molecule has 1 saturated carbocycles. The van der Waals surface area contributed by atoms with E-state index in [9.17, 15) is 4.39 Å². The molecule has 0 amide bonds. The number of rotatable bonds is 5. The van der Waals surface area contributed by atoms with Crippen LogP contribution in [0.2, 0.25) is 0 Å². The molecule has 2 atom stereocenters. The van der Waals surface area contributed by atoms with Gasteiger partial charge in [0.2, 0.25) is 0 Å². The largest absolute Gasteiger partial charge is 0.494 e. The third-order valence-corrected chi connectivity index (χ3v) is 3.52. The molecule has 0 heterocycles. The van der Waals surface area contributed by atoms with Gasteiger partial charge in [0.05, 0.1) is 7.11 Å². The number of nitrogens with one attached hydrogen (secondary N) is 1. The monoisotopic (exact) mass is 237 g/mol. The molecule has 0 spiro atoms. The summed E-state index contributed by atoms with van der Waals surface area (Å²) in [4.78, 5) is 0. The zero-order valence-electron chi connectivity index (χ0n) is 10.7. The summed E-state index contributed by atoms with van der Waals surface area (Å²) in [7, 11) is 1.49. The zero-order chi connectivity index (χ0) is 12.4. The van der Waals surface area contributed by atoms with Crippen LogP contribution < -0.4 is 10.1 Å². The van der Waals surface area contributed by atoms with Crippen LogP contribution in [0, 0.1) is 11.7 Å². The summed E-state index contributed by atoms with van der Waals surface area (Å²) in [6, 6.07) is 5.80. The number of ether oxygens (including phenoxy) is 1. The highest BCUT2D eigenvalue weighted by molar-refractivity contribution is 5.32. The van der Waals surface area contributed by atoms with Crippen LogP contribution in [0.1, 0.15) is 38.3 Å². The highest BCUT2D eigenvalue weighted by Gasteiger charge is 2.28. The van der Waals surface area contributed by atoms with Crippen LogP contribution >= 0.6 is 0 Å². The van der Waals surface area contributed by atoms with E-state index in [-0.39, 0.29) is 11.9 Å². The predicted octanol–water partition coefficient (Wildman–Crippen LogP) is 3.28.